The summed E-state index contributed by atoms with van der Waals surface area (Å²) in [6.07, 6.45) is 0.344. The Morgan fingerprint density at radius 1 is 0.897 bits per heavy atom. The summed E-state index contributed by atoms with van der Waals surface area (Å²) >= 11 is 12.5. The number of amides is 2. The van der Waals surface area contributed by atoms with Gasteiger partial charge < -0.3 is 10.2 Å². The molecule has 208 valence electrons. The summed E-state index contributed by atoms with van der Waals surface area (Å²) in [5, 5.41) is 3.23. The largest absolute Gasteiger partial charge is 0.355 e. The molecule has 0 aliphatic heterocycles. The van der Waals surface area contributed by atoms with E-state index in [9.17, 15) is 18.0 Å². The number of halogens is 2. The van der Waals surface area contributed by atoms with Gasteiger partial charge in [0.1, 0.15) is 12.6 Å². The van der Waals surface area contributed by atoms with E-state index in [0.717, 1.165) is 21.0 Å². The van der Waals surface area contributed by atoms with Crippen LogP contribution in [0.3, 0.4) is 0 Å². The van der Waals surface area contributed by atoms with Crippen molar-refractivity contribution in [1.82, 2.24) is 10.2 Å². The van der Waals surface area contributed by atoms with Crippen LogP contribution in [0.5, 0.6) is 0 Å². The number of likely N-dealkylation sites (N-methyl/N-ethyl adjacent to an activating group) is 1. The number of hydrogen-bond acceptors (Lipinski definition) is 4. The van der Waals surface area contributed by atoms with E-state index in [4.69, 9.17) is 23.2 Å². The quantitative estimate of drug-likeness (QED) is 0.308. The van der Waals surface area contributed by atoms with Crippen molar-refractivity contribution in [3.8, 4) is 0 Å². The lowest BCUT2D eigenvalue weighted by molar-refractivity contribution is -0.140. The van der Waals surface area contributed by atoms with Crippen LogP contribution in [0.2, 0.25) is 10.0 Å². The fourth-order valence-electron chi connectivity index (χ4n) is 4.27. The number of carbonyl (C=O) groups excluding carboxylic acids is 2. The van der Waals surface area contributed by atoms with Gasteiger partial charge in [0.05, 0.1) is 10.6 Å². The lowest BCUT2D eigenvalue weighted by atomic mass is 10.1. The molecule has 0 aliphatic carbocycles. The highest BCUT2D eigenvalue weighted by atomic mass is 35.5. The summed E-state index contributed by atoms with van der Waals surface area (Å²) < 4.78 is 28.8. The van der Waals surface area contributed by atoms with E-state index in [1.165, 1.54) is 35.2 Å². The highest BCUT2D eigenvalue weighted by molar-refractivity contribution is 7.92. The third-order valence-corrected chi connectivity index (χ3v) is 8.42. The number of benzene rings is 3. The number of sulfonamides is 1. The summed E-state index contributed by atoms with van der Waals surface area (Å²) in [5.74, 6) is -0.846. The Balaban J connectivity index is 2.10. The van der Waals surface area contributed by atoms with Gasteiger partial charge in [0, 0.05) is 23.1 Å². The van der Waals surface area contributed by atoms with Crippen LogP contribution >= 0.6 is 23.2 Å². The van der Waals surface area contributed by atoms with Crippen molar-refractivity contribution in [2.75, 3.05) is 17.4 Å². The van der Waals surface area contributed by atoms with Gasteiger partial charge >= 0.3 is 0 Å². The fourth-order valence-corrected chi connectivity index (χ4v) is 6.18. The molecule has 3 aromatic rings. The lowest BCUT2D eigenvalue weighted by Crippen LogP contribution is -2.52. The van der Waals surface area contributed by atoms with Crippen LogP contribution in [-0.2, 0) is 26.2 Å². The van der Waals surface area contributed by atoms with Crippen LogP contribution in [0.15, 0.2) is 71.6 Å². The van der Waals surface area contributed by atoms with Crippen molar-refractivity contribution in [3.63, 3.8) is 0 Å². The van der Waals surface area contributed by atoms with Crippen LogP contribution in [-0.4, -0.2) is 44.3 Å². The van der Waals surface area contributed by atoms with Crippen LogP contribution in [0, 0.1) is 13.8 Å². The minimum Gasteiger partial charge on any atom is -0.355 e. The molecule has 2 amide bonds. The van der Waals surface area contributed by atoms with Crippen molar-refractivity contribution in [1.29, 1.82) is 0 Å². The van der Waals surface area contributed by atoms with E-state index in [0.29, 0.717) is 13.0 Å². The average Bonchev–Trinajstić information content (AvgIpc) is 2.86. The van der Waals surface area contributed by atoms with Crippen molar-refractivity contribution in [2.24, 2.45) is 0 Å². The monoisotopic (exact) mass is 589 g/mol. The van der Waals surface area contributed by atoms with Gasteiger partial charge in [0.25, 0.3) is 10.0 Å². The molecule has 0 spiro atoms. The molecule has 7 nitrogen and oxygen atoms in total. The van der Waals surface area contributed by atoms with Gasteiger partial charge in [-0.2, -0.15) is 0 Å². The normalized spacial score (nSPS) is 12.1. The first-order chi connectivity index (χ1) is 18.5. The first-order valence-electron chi connectivity index (χ1n) is 12.6. The number of aryl methyl sites for hydroxylation is 2. The molecular weight excluding hydrogens is 557 g/mol. The molecule has 0 heterocycles. The van der Waals surface area contributed by atoms with Crippen LogP contribution < -0.4 is 9.62 Å². The third kappa shape index (κ3) is 7.75. The van der Waals surface area contributed by atoms with Crippen LogP contribution in [0.1, 0.15) is 37.0 Å². The first-order valence-corrected chi connectivity index (χ1v) is 14.8. The Bertz CT molecular complexity index is 1410. The highest BCUT2D eigenvalue weighted by Crippen LogP contribution is 2.30. The van der Waals surface area contributed by atoms with Crippen molar-refractivity contribution < 1.29 is 18.0 Å². The molecule has 39 heavy (non-hydrogen) atoms. The first kappa shape index (κ1) is 30.5. The standard InChI is InChI=1S/C29H33Cl2N3O4S/c1-5-27(29(36)32-6-2)33(18-22-9-7-8-21(4)14-22)28(35)19-34(25-16-23(30)15-24(31)17-25)39(37,38)26-12-10-20(3)11-13-26/h7-17,27H,5-6,18-19H2,1-4H3,(H,32,36). The Kier molecular flexibility index (Phi) is 10.4. The van der Waals surface area contributed by atoms with Gasteiger partial charge in [-0.25, -0.2) is 8.42 Å². The smallest absolute Gasteiger partial charge is 0.264 e. The zero-order valence-corrected chi connectivity index (χ0v) is 24.8. The molecule has 0 fully saturated rings. The van der Waals surface area contributed by atoms with Gasteiger partial charge in [-0.15, -0.1) is 0 Å². The molecule has 0 aromatic heterocycles. The minimum atomic E-state index is -4.21. The molecule has 3 aromatic carbocycles. The Labute approximate surface area is 240 Å². The maximum atomic E-state index is 14.0. The molecular formula is C29H33Cl2N3O4S. The van der Waals surface area contributed by atoms with Gasteiger partial charge in [0.2, 0.25) is 11.8 Å². The second kappa shape index (κ2) is 13.3. The summed E-state index contributed by atoms with van der Waals surface area (Å²) in [5.41, 5.74) is 2.86. The zero-order valence-electron chi connectivity index (χ0n) is 22.4. The van der Waals surface area contributed by atoms with Gasteiger partial charge in [-0.3, -0.25) is 13.9 Å². The zero-order chi connectivity index (χ0) is 28.7. The van der Waals surface area contributed by atoms with Crippen LogP contribution in [0.4, 0.5) is 5.69 Å². The lowest BCUT2D eigenvalue weighted by Gasteiger charge is -2.33. The van der Waals surface area contributed by atoms with Gasteiger partial charge in [-0.05, 0) is 63.1 Å². The van der Waals surface area contributed by atoms with Gasteiger partial charge in [-0.1, -0.05) is 77.7 Å². The number of hydrogen-bond donors (Lipinski definition) is 1. The van der Waals surface area contributed by atoms with E-state index < -0.39 is 28.5 Å². The molecule has 3 rings (SSSR count). The van der Waals surface area contributed by atoms with Crippen LogP contribution in [0.25, 0.3) is 0 Å². The number of nitrogens with zero attached hydrogens (tertiary/aromatic N) is 2. The SMILES string of the molecule is CCNC(=O)C(CC)N(Cc1cccc(C)c1)C(=O)CN(c1cc(Cl)cc(Cl)c1)S(=O)(=O)c1ccc(C)cc1. The number of nitrogens with one attached hydrogen (secondary N) is 1. The summed E-state index contributed by atoms with van der Waals surface area (Å²) in [6, 6.07) is 17.5. The maximum Gasteiger partial charge on any atom is 0.264 e. The predicted octanol–water partition coefficient (Wildman–Crippen LogP) is 5.75. The topological polar surface area (TPSA) is 86.8 Å². The van der Waals surface area contributed by atoms with E-state index in [-0.39, 0.29) is 33.1 Å². The number of rotatable bonds is 11. The summed E-state index contributed by atoms with van der Waals surface area (Å²) in [4.78, 5) is 28.4. The number of carbonyl (C=O) groups is 2. The Hall–Kier alpha value is -3.07. The van der Waals surface area contributed by atoms with Crippen molar-refractivity contribution in [3.05, 3.63) is 93.5 Å². The molecule has 0 saturated heterocycles. The highest BCUT2D eigenvalue weighted by Gasteiger charge is 2.33. The fraction of sp³-hybridized carbons (Fsp3) is 0.310. The Morgan fingerprint density at radius 3 is 2.10 bits per heavy atom. The average molecular weight is 591 g/mol. The predicted molar refractivity (Wildman–Crippen MR) is 157 cm³/mol. The van der Waals surface area contributed by atoms with E-state index >= 15 is 0 Å². The molecule has 1 N–H and O–H groups in total. The molecule has 0 radical (unpaired) electrons. The molecule has 0 saturated carbocycles. The summed E-state index contributed by atoms with van der Waals surface area (Å²) in [7, 11) is -4.21. The molecule has 0 bridgehead atoms. The van der Waals surface area contributed by atoms with Crippen molar-refractivity contribution >= 4 is 50.7 Å². The van der Waals surface area contributed by atoms with Gasteiger partial charge in [0.15, 0.2) is 0 Å². The van der Waals surface area contributed by atoms with E-state index in [1.54, 1.807) is 19.1 Å². The second-order valence-corrected chi connectivity index (χ2v) is 12.0. The molecule has 10 heteroatoms. The van der Waals surface area contributed by atoms with E-state index in [2.05, 4.69) is 5.32 Å². The summed E-state index contributed by atoms with van der Waals surface area (Å²) in [6.45, 7) is 7.37. The minimum absolute atomic E-state index is 0.0120. The maximum absolute atomic E-state index is 14.0. The van der Waals surface area contributed by atoms with Crippen molar-refractivity contribution in [2.45, 2.75) is 51.6 Å². The van der Waals surface area contributed by atoms with E-state index in [1.807, 2.05) is 45.0 Å². The Morgan fingerprint density at radius 2 is 1.54 bits per heavy atom. The second-order valence-electron chi connectivity index (χ2n) is 9.28. The molecule has 1 unspecified atom stereocenters. The third-order valence-electron chi connectivity index (χ3n) is 6.20. The molecule has 1 atom stereocenters. The molecule has 0 aliphatic rings. The number of anilines is 1.